The van der Waals surface area contributed by atoms with Crippen LogP contribution in [0.3, 0.4) is 0 Å². The molecule has 1 fully saturated rings. The van der Waals surface area contributed by atoms with Crippen molar-refractivity contribution in [1.29, 1.82) is 0 Å². The lowest BCUT2D eigenvalue weighted by Gasteiger charge is -2.13. The van der Waals surface area contributed by atoms with Gasteiger partial charge < -0.3 is 10.1 Å². The minimum Gasteiger partial charge on any atom is -0.461 e. The summed E-state index contributed by atoms with van der Waals surface area (Å²) in [7, 11) is -2.97. The van der Waals surface area contributed by atoms with Crippen LogP contribution in [0.2, 0.25) is 0 Å². The molecule has 0 amide bonds. The molecule has 1 aromatic rings. The number of hydrogen-bond donors (Lipinski definition) is 3. The van der Waals surface area contributed by atoms with Gasteiger partial charge in [0.05, 0.1) is 17.6 Å². The Balaban J connectivity index is 2.14. The molecule has 1 aromatic heterocycles. The fraction of sp³-hybridized carbons (Fsp3) is 0.700. The van der Waals surface area contributed by atoms with E-state index in [2.05, 4.69) is 25.7 Å². The molecule has 1 aliphatic rings. The first-order chi connectivity index (χ1) is 9.38. The Morgan fingerprint density at radius 1 is 1.30 bits per heavy atom. The number of anilines is 2. The summed E-state index contributed by atoms with van der Waals surface area (Å²) < 4.78 is 28.2. The van der Waals surface area contributed by atoms with Crippen LogP contribution in [-0.2, 0) is 9.84 Å². The fourth-order valence-corrected chi connectivity index (χ4v) is 3.51. The van der Waals surface area contributed by atoms with Crippen LogP contribution in [-0.4, -0.2) is 47.0 Å². The zero-order valence-corrected chi connectivity index (χ0v) is 12.1. The first-order valence-electron chi connectivity index (χ1n) is 6.24. The Morgan fingerprint density at radius 2 is 2.00 bits per heavy atom. The van der Waals surface area contributed by atoms with Crippen LogP contribution in [0.5, 0.6) is 6.01 Å². The first-order valence-corrected chi connectivity index (χ1v) is 8.06. The van der Waals surface area contributed by atoms with Gasteiger partial charge in [-0.15, -0.1) is 0 Å². The Labute approximate surface area is 117 Å². The van der Waals surface area contributed by atoms with Gasteiger partial charge >= 0.3 is 6.01 Å². The maximum Gasteiger partial charge on any atom is 0.323 e. The summed E-state index contributed by atoms with van der Waals surface area (Å²) in [6.45, 7) is 3.69. The van der Waals surface area contributed by atoms with E-state index in [9.17, 15) is 8.42 Å². The van der Waals surface area contributed by atoms with Crippen molar-refractivity contribution in [2.45, 2.75) is 32.4 Å². The van der Waals surface area contributed by atoms with E-state index in [-0.39, 0.29) is 41.6 Å². The van der Waals surface area contributed by atoms with Gasteiger partial charge in [-0.05, 0) is 20.3 Å². The van der Waals surface area contributed by atoms with Crippen molar-refractivity contribution in [3.63, 3.8) is 0 Å². The van der Waals surface area contributed by atoms with Crippen LogP contribution in [0.1, 0.15) is 20.3 Å². The van der Waals surface area contributed by atoms with Crippen LogP contribution in [0.15, 0.2) is 0 Å². The molecule has 1 aliphatic heterocycles. The lowest BCUT2D eigenvalue weighted by molar-refractivity contribution is 0.222. The Morgan fingerprint density at radius 3 is 2.55 bits per heavy atom. The topological polar surface area (TPSA) is 132 Å². The highest BCUT2D eigenvalue weighted by atomic mass is 32.2. The first kappa shape index (κ1) is 14.7. The van der Waals surface area contributed by atoms with E-state index in [4.69, 9.17) is 10.6 Å². The third-order valence-electron chi connectivity index (χ3n) is 2.65. The molecule has 2 heterocycles. The summed E-state index contributed by atoms with van der Waals surface area (Å²) >= 11 is 0. The van der Waals surface area contributed by atoms with Gasteiger partial charge in [-0.3, -0.25) is 5.43 Å². The second kappa shape index (κ2) is 5.75. The summed E-state index contributed by atoms with van der Waals surface area (Å²) in [5.74, 6) is 5.93. The lowest BCUT2D eigenvalue weighted by atomic mass is 10.3. The van der Waals surface area contributed by atoms with E-state index >= 15 is 0 Å². The normalized spacial score (nSPS) is 20.9. The van der Waals surface area contributed by atoms with Crippen molar-refractivity contribution in [2.75, 3.05) is 22.2 Å². The Bertz CT molecular complexity index is 576. The largest absolute Gasteiger partial charge is 0.461 e. The number of nitrogen functional groups attached to an aromatic ring is 1. The van der Waals surface area contributed by atoms with Crippen LogP contribution in [0.4, 0.5) is 11.9 Å². The number of hydrogen-bond acceptors (Lipinski definition) is 9. The number of hydrazine groups is 1. The van der Waals surface area contributed by atoms with E-state index in [0.29, 0.717) is 6.42 Å². The standard InChI is InChI=1S/C10H18N6O3S/c1-6(2)19-10-14-8(13-9(15-10)16-11)12-7-3-4-20(17,18)5-7/h6-7H,3-5,11H2,1-2H3,(H2,12,13,14,15,16). The number of nitrogens with two attached hydrogens (primary N) is 1. The highest BCUT2D eigenvalue weighted by molar-refractivity contribution is 7.91. The molecule has 0 radical (unpaired) electrons. The summed E-state index contributed by atoms with van der Waals surface area (Å²) in [4.78, 5) is 12.1. The summed E-state index contributed by atoms with van der Waals surface area (Å²) in [5, 5.41) is 2.97. The monoisotopic (exact) mass is 302 g/mol. The van der Waals surface area contributed by atoms with Crippen LogP contribution < -0.4 is 21.3 Å². The molecule has 0 saturated carbocycles. The lowest BCUT2D eigenvalue weighted by Crippen LogP contribution is -2.23. The van der Waals surface area contributed by atoms with Crippen LogP contribution >= 0.6 is 0 Å². The van der Waals surface area contributed by atoms with Gasteiger partial charge in [0.2, 0.25) is 11.9 Å². The molecule has 1 saturated heterocycles. The van der Waals surface area contributed by atoms with Crippen LogP contribution in [0, 0.1) is 0 Å². The highest BCUT2D eigenvalue weighted by Crippen LogP contribution is 2.17. The van der Waals surface area contributed by atoms with Gasteiger partial charge in [0.1, 0.15) is 0 Å². The van der Waals surface area contributed by atoms with Crippen molar-refractivity contribution in [3.8, 4) is 6.01 Å². The minimum absolute atomic E-state index is 0.0738. The quantitative estimate of drug-likeness (QED) is 0.488. The Kier molecular flexibility index (Phi) is 4.23. The molecule has 0 aromatic carbocycles. The van der Waals surface area contributed by atoms with Gasteiger partial charge in [0, 0.05) is 6.04 Å². The van der Waals surface area contributed by atoms with Crippen molar-refractivity contribution in [2.24, 2.45) is 5.84 Å². The average Bonchev–Trinajstić information content (AvgIpc) is 2.67. The van der Waals surface area contributed by atoms with Gasteiger partial charge in [-0.2, -0.15) is 15.0 Å². The van der Waals surface area contributed by atoms with Gasteiger partial charge in [0.15, 0.2) is 9.84 Å². The predicted octanol–water partition coefficient (Wildman–Crippen LogP) is -0.457. The van der Waals surface area contributed by atoms with Gasteiger partial charge in [0.25, 0.3) is 0 Å². The number of ether oxygens (including phenoxy) is 1. The molecule has 1 atom stereocenters. The van der Waals surface area contributed by atoms with Crippen molar-refractivity contribution >= 4 is 21.7 Å². The van der Waals surface area contributed by atoms with Crippen molar-refractivity contribution in [1.82, 2.24) is 15.0 Å². The molecule has 10 heteroatoms. The second-order valence-electron chi connectivity index (χ2n) is 4.82. The molecule has 4 N–H and O–H groups in total. The average molecular weight is 302 g/mol. The smallest absolute Gasteiger partial charge is 0.323 e. The van der Waals surface area contributed by atoms with Crippen LogP contribution in [0.25, 0.3) is 0 Å². The van der Waals surface area contributed by atoms with E-state index < -0.39 is 9.84 Å². The summed E-state index contributed by atoms with van der Waals surface area (Å²) in [6.07, 6.45) is 0.433. The van der Waals surface area contributed by atoms with E-state index in [1.165, 1.54) is 0 Å². The number of aromatic nitrogens is 3. The number of rotatable bonds is 5. The number of sulfone groups is 1. The Hall–Kier alpha value is -1.68. The van der Waals surface area contributed by atoms with Gasteiger partial charge in [-0.25, -0.2) is 14.3 Å². The molecule has 0 bridgehead atoms. The molecule has 20 heavy (non-hydrogen) atoms. The molecule has 0 aliphatic carbocycles. The maximum atomic E-state index is 11.4. The molecule has 0 spiro atoms. The number of nitrogens with one attached hydrogen (secondary N) is 2. The molecule has 9 nitrogen and oxygen atoms in total. The van der Waals surface area contributed by atoms with E-state index in [1.807, 2.05) is 13.8 Å². The third-order valence-corrected chi connectivity index (χ3v) is 4.42. The second-order valence-corrected chi connectivity index (χ2v) is 7.05. The zero-order chi connectivity index (χ0) is 14.8. The molecular formula is C10H18N6O3S. The number of nitrogens with zero attached hydrogens (tertiary/aromatic N) is 3. The summed E-state index contributed by atoms with van der Waals surface area (Å²) in [6, 6.07) is -0.0776. The van der Waals surface area contributed by atoms with E-state index in [1.54, 1.807) is 0 Å². The predicted molar refractivity (Wildman–Crippen MR) is 74.1 cm³/mol. The summed E-state index contributed by atoms with van der Waals surface area (Å²) in [5.41, 5.74) is 2.32. The van der Waals surface area contributed by atoms with Crippen molar-refractivity contribution in [3.05, 3.63) is 0 Å². The SMILES string of the molecule is CC(C)Oc1nc(NN)nc(NC2CCS(=O)(=O)C2)n1. The third kappa shape index (κ3) is 3.90. The van der Waals surface area contributed by atoms with Gasteiger partial charge in [-0.1, -0.05) is 0 Å². The zero-order valence-electron chi connectivity index (χ0n) is 11.3. The fourth-order valence-electron chi connectivity index (χ4n) is 1.84. The van der Waals surface area contributed by atoms with Crippen molar-refractivity contribution < 1.29 is 13.2 Å². The maximum absolute atomic E-state index is 11.4. The minimum atomic E-state index is -2.97. The molecule has 112 valence electrons. The molecule has 2 rings (SSSR count). The molecular weight excluding hydrogens is 284 g/mol. The molecule has 1 unspecified atom stereocenters. The highest BCUT2D eigenvalue weighted by Gasteiger charge is 2.28. The van der Waals surface area contributed by atoms with E-state index in [0.717, 1.165) is 0 Å².